The molecule has 0 fully saturated rings. The van der Waals surface area contributed by atoms with Crippen LogP contribution in [0.4, 0.5) is 5.69 Å². The lowest BCUT2D eigenvalue weighted by molar-refractivity contribution is -0.138. The van der Waals surface area contributed by atoms with Crippen LogP contribution in [0.2, 0.25) is 0 Å². The number of aliphatic carboxylic acids is 1. The third-order valence-electron chi connectivity index (χ3n) is 2.78. The molecule has 2 aromatic rings. The van der Waals surface area contributed by atoms with Crippen LogP contribution in [0.5, 0.6) is 0 Å². The van der Waals surface area contributed by atoms with Crippen molar-refractivity contribution in [2.75, 3.05) is 5.32 Å². The fraction of sp³-hybridized carbons (Fsp3) is 0.133. The third kappa shape index (κ3) is 3.58. The van der Waals surface area contributed by atoms with E-state index in [2.05, 4.69) is 21.2 Å². The Labute approximate surface area is 120 Å². The molecule has 2 rings (SSSR count). The number of hydrogen-bond acceptors (Lipinski definition) is 2. The van der Waals surface area contributed by atoms with Crippen LogP contribution in [0.1, 0.15) is 17.2 Å². The van der Waals surface area contributed by atoms with Crippen molar-refractivity contribution in [3.63, 3.8) is 0 Å². The molecule has 0 aliphatic heterocycles. The molecule has 0 heterocycles. The summed E-state index contributed by atoms with van der Waals surface area (Å²) in [5.74, 6) is -0.895. The van der Waals surface area contributed by atoms with Crippen LogP contribution in [-0.4, -0.2) is 11.1 Å². The molecule has 0 saturated carbocycles. The summed E-state index contributed by atoms with van der Waals surface area (Å²) >= 11 is 3.35. The second-order valence-corrected chi connectivity index (χ2v) is 5.25. The normalized spacial score (nSPS) is 11.9. The lowest BCUT2D eigenvalue weighted by atomic mass is 10.0. The summed E-state index contributed by atoms with van der Waals surface area (Å²) in [5, 5.41) is 12.4. The van der Waals surface area contributed by atoms with Gasteiger partial charge in [-0.25, -0.2) is 4.79 Å². The van der Waals surface area contributed by atoms with Crippen molar-refractivity contribution < 1.29 is 9.90 Å². The minimum absolute atomic E-state index is 0.746. The summed E-state index contributed by atoms with van der Waals surface area (Å²) in [6.45, 7) is 1.95. The van der Waals surface area contributed by atoms with Gasteiger partial charge in [0, 0.05) is 10.2 Å². The van der Waals surface area contributed by atoms with Crippen molar-refractivity contribution in [2.45, 2.75) is 13.0 Å². The Morgan fingerprint density at radius 3 is 2.47 bits per heavy atom. The van der Waals surface area contributed by atoms with Gasteiger partial charge in [0.2, 0.25) is 0 Å². The van der Waals surface area contributed by atoms with Crippen molar-refractivity contribution in [3.05, 3.63) is 64.1 Å². The average molecular weight is 320 g/mol. The molecule has 0 saturated heterocycles. The number of nitrogens with one attached hydrogen (secondary N) is 1. The van der Waals surface area contributed by atoms with Gasteiger partial charge in [-0.2, -0.15) is 0 Å². The molecule has 1 atom stereocenters. The molecule has 4 heteroatoms. The Hall–Kier alpha value is -1.81. The molecular formula is C15H14BrNO2. The van der Waals surface area contributed by atoms with Crippen LogP contribution in [-0.2, 0) is 4.79 Å². The zero-order chi connectivity index (χ0) is 13.8. The highest BCUT2D eigenvalue weighted by atomic mass is 79.9. The maximum absolute atomic E-state index is 11.4. The van der Waals surface area contributed by atoms with Gasteiger partial charge in [0.05, 0.1) is 0 Å². The van der Waals surface area contributed by atoms with Gasteiger partial charge in [-0.05, 0) is 36.8 Å². The molecule has 0 aromatic heterocycles. The minimum Gasteiger partial charge on any atom is -0.479 e. The van der Waals surface area contributed by atoms with E-state index in [-0.39, 0.29) is 0 Å². The predicted molar refractivity (Wildman–Crippen MR) is 79.3 cm³/mol. The first-order valence-electron chi connectivity index (χ1n) is 5.88. The van der Waals surface area contributed by atoms with Crippen LogP contribution < -0.4 is 5.32 Å². The highest BCUT2D eigenvalue weighted by molar-refractivity contribution is 9.10. The molecule has 0 aliphatic rings. The Bertz CT molecular complexity index is 581. The summed E-state index contributed by atoms with van der Waals surface area (Å²) in [6, 6.07) is 14.2. The van der Waals surface area contributed by atoms with E-state index in [0.29, 0.717) is 0 Å². The Morgan fingerprint density at radius 1 is 1.21 bits per heavy atom. The van der Waals surface area contributed by atoms with Crippen LogP contribution in [0, 0.1) is 6.92 Å². The Kier molecular flexibility index (Phi) is 4.22. The lowest BCUT2D eigenvalue weighted by Gasteiger charge is -2.16. The van der Waals surface area contributed by atoms with Gasteiger partial charge in [-0.15, -0.1) is 0 Å². The second-order valence-electron chi connectivity index (χ2n) is 4.34. The Morgan fingerprint density at radius 2 is 1.89 bits per heavy atom. The maximum Gasteiger partial charge on any atom is 0.330 e. The van der Waals surface area contributed by atoms with Crippen LogP contribution in [0.15, 0.2) is 53.0 Å². The van der Waals surface area contributed by atoms with Crippen molar-refractivity contribution in [3.8, 4) is 0 Å². The number of carboxylic acids is 1. The van der Waals surface area contributed by atoms with E-state index in [1.54, 1.807) is 0 Å². The number of aryl methyl sites for hydroxylation is 1. The zero-order valence-corrected chi connectivity index (χ0v) is 12.0. The molecule has 0 radical (unpaired) electrons. The van der Waals surface area contributed by atoms with Gasteiger partial charge in [-0.3, -0.25) is 0 Å². The van der Waals surface area contributed by atoms with E-state index in [0.717, 1.165) is 21.3 Å². The fourth-order valence-electron chi connectivity index (χ4n) is 1.85. The third-order valence-corrected chi connectivity index (χ3v) is 3.31. The number of carbonyl (C=O) groups is 1. The summed E-state index contributed by atoms with van der Waals surface area (Å²) in [4.78, 5) is 11.4. The summed E-state index contributed by atoms with van der Waals surface area (Å²) < 4.78 is 0.959. The van der Waals surface area contributed by atoms with E-state index < -0.39 is 12.0 Å². The topological polar surface area (TPSA) is 49.3 Å². The van der Waals surface area contributed by atoms with Crippen molar-refractivity contribution in [1.29, 1.82) is 0 Å². The largest absolute Gasteiger partial charge is 0.479 e. The number of benzene rings is 2. The molecular weight excluding hydrogens is 306 g/mol. The van der Waals surface area contributed by atoms with E-state index in [1.807, 2.05) is 55.5 Å². The number of anilines is 1. The number of hydrogen-bond donors (Lipinski definition) is 2. The van der Waals surface area contributed by atoms with Crippen LogP contribution >= 0.6 is 15.9 Å². The monoisotopic (exact) mass is 319 g/mol. The van der Waals surface area contributed by atoms with Gasteiger partial charge >= 0.3 is 5.97 Å². The second kappa shape index (κ2) is 5.89. The van der Waals surface area contributed by atoms with Gasteiger partial charge in [-0.1, -0.05) is 45.8 Å². The van der Waals surface area contributed by atoms with Gasteiger partial charge < -0.3 is 10.4 Å². The summed E-state index contributed by atoms with van der Waals surface area (Å²) in [6.07, 6.45) is 0. The van der Waals surface area contributed by atoms with Gasteiger partial charge in [0.15, 0.2) is 6.04 Å². The molecule has 98 valence electrons. The smallest absolute Gasteiger partial charge is 0.330 e. The van der Waals surface area contributed by atoms with E-state index in [1.165, 1.54) is 0 Å². The first kappa shape index (κ1) is 13.6. The van der Waals surface area contributed by atoms with Crippen molar-refractivity contribution in [2.24, 2.45) is 0 Å². The highest BCUT2D eigenvalue weighted by Crippen LogP contribution is 2.22. The SMILES string of the molecule is Cc1cccc(C(Nc2ccc(Br)cc2)C(=O)O)c1. The van der Waals surface area contributed by atoms with E-state index in [9.17, 15) is 9.90 Å². The molecule has 2 N–H and O–H groups in total. The van der Waals surface area contributed by atoms with Crippen LogP contribution in [0.3, 0.4) is 0 Å². The highest BCUT2D eigenvalue weighted by Gasteiger charge is 2.19. The molecule has 1 unspecified atom stereocenters. The quantitative estimate of drug-likeness (QED) is 0.895. The van der Waals surface area contributed by atoms with Crippen molar-refractivity contribution in [1.82, 2.24) is 0 Å². The molecule has 2 aromatic carbocycles. The number of halogens is 1. The van der Waals surface area contributed by atoms with Crippen LogP contribution in [0.25, 0.3) is 0 Å². The van der Waals surface area contributed by atoms with Gasteiger partial charge in [0.1, 0.15) is 0 Å². The first-order valence-corrected chi connectivity index (χ1v) is 6.67. The lowest BCUT2D eigenvalue weighted by Crippen LogP contribution is -2.20. The molecule has 0 amide bonds. The standard InChI is InChI=1S/C15H14BrNO2/c1-10-3-2-4-11(9-10)14(15(18)19)17-13-7-5-12(16)6-8-13/h2-9,14,17H,1H3,(H,18,19). The Balaban J connectivity index is 2.26. The maximum atomic E-state index is 11.4. The summed E-state index contributed by atoms with van der Waals surface area (Å²) in [5.41, 5.74) is 2.56. The molecule has 3 nitrogen and oxygen atoms in total. The predicted octanol–water partition coefficient (Wildman–Crippen LogP) is 4.00. The fourth-order valence-corrected chi connectivity index (χ4v) is 2.11. The van der Waals surface area contributed by atoms with E-state index >= 15 is 0 Å². The minimum atomic E-state index is -0.895. The van der Waals surface area contributed by atoms with Crippen molar-refractivity contribution >= 4 is 27.6 Å². The van der Waals surface area contributed by atoms with Gasteiger partial charge in [0.25, 0.3) is 0 Å². The average Bonchev–Trinajstić information content (AvgIpc) is 2.37. The summed E-state index contributed by atoms with van der Waals surface area (Å²) in [7, 11) is 0. The molecule has 19 heavy (non-hydrogen) atoms. The molecule has 0 aliphatic carbocycles. The first-order chi connectivity index (χ1) is 9.06. The molecule has 0 bridgehead atoms. The number of carboxylic acid groups (broad SMARTS) is 1. The number of rotatable bonds is 4. The zero-order valence-electron chi connectivity index (χ0n) is 10.4. The molecule has 0 spiro atoms. The van der Waals surface area contributed by atoms with E-state index in [4.69, 9.17) is 0 Å².